The van der Waals surface area contributed by atoms with E-state index in [4.69, 9.17) is 11.6 Å². The molecule has 1 saturated carbocycles. The van der Waals surface area contributed by atoms with E-state index in [1.807, 2.05) is 12.1 Å². The molecule has 1 amide bonds. The molecule has 4 rings (SSSR count). The van der Waals surface area contributed by atoms with Crippen LogP contribution in [0, 0.1) is 6.92 Å². The second kappa shape index (κ2) is 6.69. The molecule has 27 heavy (non-hydrogen) atoms. The van der Waals surface area contributed by atoms with Crippen molar-refractivity contribution in [3.63, 3.8) is 0 Å². The van der Waals surface area contributed by atoms with Gasteiger partial charge in [-0.1, -0.05) is 35.1 Å². The predicted octanol–water partition coefficient (Wildman–Crippen LogP) is 5.03. The van der Waals surface area contributed by atoms with Crippen molar-refractivity contribution in [2.45, 2.75) is 31.7 Å². The summed E-state index contributed by atoms with van der Waals surface area (Å²) in [6, 6.07) is 7.27. The fraction of sp³-hybridized carbons (Fsp3) is 0.278. The summed E-state index contributed by atoms with van der Waals surface area (Å²) in [5.41, 5.74) is 0.803. The van der Waals surface area contributed by atoms with E-state index in [9.17, 15) is 13.6 Å². The monoisotopic (exact) mass is 408 g/mol. The van der Waals surface area contributed by atoms with Crippen LogP contribution in [-0.4, -0.2) is 20.4 Å². The molecule has 1 N–H and O–H groups in total. The summed E-state index contributed by atoms with van der Waals surface area (Å²) < 4.78 is 27.0. The van der Waals surface area contributed by atoms with Crippen LogP contribution in [0.2, 0.25) is 5.02 Å². The summed E-state index contributed by atoms with van der Waals surface area (Å²) >= 11 is 7.19. The number of aromatic nitrogens is 3. The number of anilines is 1. The van der Waals surface area contributed by atoms with Gasteiger partial charge < -0.3 is 5.32 Å². The summed E-state index contributed by atoms with van der Waals surface area (Å²) in [7, 11) is 0. The van der Waals surface area contributed by atoms with Gasteiger partial charge in [0, 0.05) is 17.4 Å². The largest absolute Gasteiger partial charge is 0.320 e. The third-order valence-corrected chi connectivity index (χ3v) is 5.96. The molecule has 0 spiro atoms. The van der Waals surface area contributed by atoms with Crippen molar-refractivity contribution >= 4 is 34.0 Å². The van der Waals surface area contributed by atoms with Crippen molar-refractivity contribution < 1.29 is 13.6 Å². The van der Waals surface area contributed by atoms with Crippen LogP contribution in [0.15, 0.2) is 36.7 Å². The van der Waals surface area contributed by atoms with Crippen molar-refractivity contribution in [3.05, 3.63) is 52.9 Å². The number of imidazole rings is 1. The maximum absolute atomic E-state index is 13.1. The molecule has 0 radical (unpaired) electrons. The number of aryl methyl sites for hydroxylation is 1. The van der Waals surface area contributed by atoms with E-state index < -0.39 is 12.0 Å². The molecule has 140 valence electrons. The average molecular weight is 409 g/mol. The van der Waals surface area contributed by atoms with Gasteiger partial charge in [-0.3, -0.25) is 9.36 Å². The van der Waals surface area contributed by atoms with Crippen LogP contribution >= 0.6 is 22.9 Å². The third kappa shape index (κ3) is 3.23. The lowest BCUT2D eigenvalue weighted by molar-refractivity contribution is -0.118. The maximum Gasteiger partial charge on any atom is 0.320 e. The highest BCUT2D eigenvalue weighted by Gasteiger charge is 2.51. The molecular weight excluding hydrogens is 394 g/mol. The Labute approximate surface area is 163 Å². The fourth-order valence-corrected chi connectivity index (χ4v) is 4.23. The Kier molecular flexibility index (Phi) is 4.47. The first-order chi connectivity index (χ1) is 12.9. The number of carbonyl (C=O) groups is 1. The zero-order chi connectivity index (χ0) is 19.2. The van der Waals surface area contributed by atoms with E-state index in [-0.39, 0.29) is 11.7 Å². The van der Waals surface area contributed by atoms with Crippen molar-refractivity contribution in [1.29, 1.82) is 0 Å². The number of hydrogen-bond acceptors (Lipinski definition) is 4. The zero-order valence-electron chi connectivity index (χ0n) is 14.2. The van der Waals surface area contributed by atoms with Crippen LogP contribution < -0.4 is 5.32 Å². The van der Waals surface area contributed by atoms with Gasteiger partial charge in [-0.2, -0.15) is 8.78 Å². The van der Waals surface area contributed by atoms with E-state index in [0.717, 1.165) is 34.3 Å². The molecule has 1 fully saturated rings. The fourth-order valence-electron chi connectivity index (χ4n) is 3.08. The second-order valence-corrected chi connectivity index (χ2v) is 7.85. The summed E-state index contributed by atoms with van der Waals surface area (Å²) in [4.78, 5) is 21.7. The first-order valence-corrected chi connectivity index (χ1v) is 9.46. The van der Waals surface area contributed by atoms with Crippen LogP contribution in [0.3, 0.4) is 0 Å². The van der Waals surface area contributed by atoms with Gasteiger partial charge in [0.1, 0.15) is 0 Å². The first-order valence-electron chi connectivity index (χ1n) is 8.27. The van der Waals surface area contributed by atoms with Crippen LogP contribution in [0.4, 0.5) is 13.9 Å². The molecule has 1 aliphatic carbocycles. The van der Waals surface area contributed by atoms with Gasteiger partial charge in [-0.05, 0) is 37.5 Å². The lowest BCUT2D eigenvalue weighted by Gasteiger charge is -2.14. The Balaban J connectivity index is 1.59. The Hall–Kier alpha value is -2.32. The van der Waals surface area contributed by atoms with Crippen molar-refractivity contribution in [2.75, 3.05) is 5.32 Å². The summed E-state index contributed by atoms with van der Waals surface area (Å²) in [6.45, 7) is -0.991. The van der Waals surface area contributed by atoms with Crippen LogP contribution in [0.25, 0.3) is 10.7 Å². The zero-order valence-corrected chi connectivity index (χ0v) is 15.8. The maximum atomic E-state index is 13.1. The van der Waals surface area contributed by atoms with E-state index in [1.54, 1.807) is 19.1 Å². The SMILES string of the molecule is Cc1nc(NC(=O)C2(c3cccc(Cl)c3)CC2)sc1-c1nccn1C(F)F. The quantitative estimate of drug-likeness (QED) is 0.643. The summed E-state index contributed by atoms with van der Waals surface area (Å²) in [5.74, 6) is -0.0289. The number of hydrogen-bond donors (Lipinski definition) is 1. The van der Waals surface area contributed by atoms with Crippen LogP contribution in [-0.2, 0) is 10.2 Å². The number of carbonyl (C=O) groups excluding carboxylic acids is 1. The van der Waals surface area contributed by atoms with Crippen molar-refractivity contribution in [2.24, 2.45) is 0 Å². The van der Waals surface area contributed by atoms with E-state index in [0.29, 0.717) is 20.7 Å². The Morgan fingerprint density at radius 1 is 1.41 bits per heavy atom. The number of halogens is 3. The number of nitrogens with one attached hydrogen (secondary N) is 1. The Morgan fingerprint density at radius 2 is 2.19 bits per heavy atom. The molecule has 5 nitrogen and oxygen atoms in total. The Bertz CT molecular complexity index is 1010. The van der Waals surface area contributed by atoms with E-state index in [2.05, 4.69) is 15.3 Å². The lowest BCUT2D eigenvalue weighted by atomic mass is 9.95. The molecule has 1 aliphatic rings. The van der Waals surface area contributed by atoms with Gasteiger partial charge >= 0.3 is 6.55 Å². The topological polar surface area (TPSA) is 59.8 Å². The summed E-state index contributed by atoms with van der Waals surface area (Å²) in [5, 5.41) is 3.78. The lowest BCUT2D eigenvalue weighted by Crippen LogP contribution is -2.27. The number of nitrogens with zero attached hydrogens (tertiary/aromatic N) is 3. The minimum atomic E-state index is -2.69. The van der Waals surface area contributed by atoms with Gasteiger partial charge in [-0.15, -0.1) is 0 Å². The molecule has 2 aromatic heterocycles. The van der Waals surface area contributed by atoms with Crippen molar-refractivity contribution in [1.82, 2.24) is 14.5 Å². The highest BCUT2D eigenvalue weighted by molar-refractivity contribution is 7.19. The van der Waals surface area contributed by atoms with Gasteiger partial charge in [0.15, 0.2) is 11.0 Å². The molecule has 0 bridgehead atoms. The molecule has 0 aliphatic heterocycles. The molecule has 0 unspecified atom stereocenters. The number of rotatable bonds is 5. The molecular formula is C18H15ClF2N4OS. The molecule has 0 atom stereocenters. The smallest absolute Gasteiger partial charge is 0.301 e. The van der Waals surface area contributed by atoms with Gasteiger partial charge in [-0.25, -0.2) is 9.97 Å². The van der Waals surface area contributed by atoms with E-state index in [1.165, 1.54) is 12.4 Å². The highest BCUT2D eigenvalue weighted by Crippen LogP contribution is 2.49. The number of amides is 1. The average Bonchev–Trinajstić information content (AvgIpc) is 3.15. The number of benzene rings is 1. The Morgan fingerprint density at radius 3 is 2.85 bits per heavy atom. The normalized spacial score (nSPS) is 15.1. The summed E-state index contributed by atoms with van der Waals surface area (Å²) in [6.07, 6.45) is 3.99. The van der Waals surface area contributed by atoms with Gasteiger partial charge in [0.05, 0.1) is 16.0 Å². The standard InChI is InChI=1S/C18H15ClF2N4OS/c1-10-13(14-22-7-8-25(14)16(20)21)27-17(23-10)24-15(26)18(5-6-18)11-3-2-4-12(19)9-11/h2-4,7-9,16H,5-6H2,1H3,(H,23,24,26). The van der Waals surface area contributed by atoms with Crippen molar-refractivity contribution in [3.8, 4) is 10.7 Å². The van der Waals surface area contributed by atoms with Crippen LogP contribution in [0.1, 0.15) is 30.6 Å². The minimum absolute atomic E-state index is 0.136. The predicted molar refractivity (Wildman–Crippen MR) is 100 cm³/mol. The molecule has 1 aromatic carbocycles. The van der Waals surface area contributed by atoms with Gasteiger partial charge in [0.25, 0.3) is 0 Å². The molecule has 0 saturated heterocycles. The molecule has 9 heteroatoms. The number of alkyl halides is 2. The second-order valence-electron chi connectivity index (χ2n) is 6.42. The minimum Gasteiger partial charge on any atom is -0.301 e. The third-order valence-electron chi connectivity index (χ3n) is 4.66. The van der Waals surface area contributed by atoms with Gasteiger partial charge in [0.2, 0.25) is 5.91 Å². The molecule has 2 heterocycles. The highest BCUT2D eigenvalue weighted by atomic mass is 35.5. The first kappa shape index (κ1) is 18.1. The number of thiazole rings is 1. The van der Waals surface area contributed by atoms with Crippen LogP contribution in [0.5, 0.6) is 0 Å². The van der Waals surface area contributed by atoms with E-state index >= 15 is 0 Å². The molecule has 3 aromatic rings.